The van der Waals surface area contributed by atoms with Crippen molar-refractivity contribution < 1.29 is 19.9 Å². The predicted molar refractivity (Wildman–Crippen MR) is 87.5 cm³/mol. The highest BCUT2D eigenvalue weighted by Crippen LogP contribution is 2.20. The third kappa shape index (κ3) is 4.51. The number of nitro benzene ring substituents is 1. The molecule has 2 rings (SSSR count). The predicted octanol–water partition coefficient (Wildman–Crippen LogP) is 1.81. The summed E-state index contributed by atoms with van der Waals surface area (Å²) in [6, 6.07) is 12.4. The number of urea groups is 1. The summed E-state index contributed by atoms with van der Waals surface area (Å²) in [6.07, 6.45) is -1.21. The van der Waals surface area contributed by atoms with Crippen LogP contribution in [0.3, 0.4) is 0 Å². The van der Waals surface area contributed by atoms with Gasteiger partial charge in [-0.3, -0.25) is 10.1 Å². The van der Waals surface area contributed by atoms with Crippen molar-refractivity contribution in [1.82, 2.24) is 5.32 Å². The van der Waals surface area contributed by atoms with Crippen LogP contribution in [0.1, 0.15) is 11.7 Å². The van der Waals surface area contributed by atoms with E-state index in [9.17, 15) is 25.1 Å². The summed E-state index contributed by atoms with van der Waals surface area (Å²) < 4.78 is 0. The zero-order chi connectivity index (χ0) is 17.5. The first-order chi connectivity index (χ1) is 11.5. The number of para-hydroxylation sites is 1. The van der Waals surface area contributed by atoms with Crippen LogP contribution in [0.5, 0.6) is 0 Å². The molecule has 0 aliphatic rings. The molecule has 0 aromatic heterocycles. The van der Waals surface area contributed by atoms with Gasteiger partial charge in [-0.25, -0.2) is 4.79 Å². The van der Waals surface area contributed by atoms with Gasteiger partial charge in [0, 0.05) is 17.8 Å². The summed E-state index contributed by atoms with van der Waals surface area (Å²) >= 11 is 0. The van der Waals surface area contributed by atoms with E-state index >= 15 is 0 Å². The topological polar surface area (TPSA) is 125 Å². The molecule has 0 aliphatic carbocycles. The fourth-order valence-corrected chi connectivity index (χ4v) is 2.11. The molecule has 2 amide bonds. The number of nitro groups is 1. The maximum Gasteiger partial charge on any atom is 0.319 e. The van der Waals surface area contributed by atoms with Crippen molar-refractivity contribution in [3.05, 3.63) is 70.3 Å². The van der Waals surface area contributed by atoms with Crippen LogP contribution in [-0.2, 0) is 0 Å². The number of aliphatic hydroxyl groups excluding tert-OH is 2. The third-order valence-corrected chi connectivity index (χ3v) is 3.37. The van der Waals surface area contributed by atoms with Crippen molar-refractivity contribution in [2.24, 2.45) is 0 Å². The molecule has 0 saturated heterocycles. The first kappa shape index (κ1) is 17.4. The van der Waals surface area contributed by atoms with Crippen molar-refractivity contribution in [2.45, 2.75) is 12.1 Å². The van der Waals surface area contributed by atoms with Gasteiger partial charge in [0.05, 0.1) is 17.6 Å². The molecule has 0 fully saturated rings. The average molecular weight is 331 g/mol. The van der Waals surface area contributed by atoms with E-state index in [1.54, 1.807) is 30.3 Å². The standard InChI is InChI=1S/C16H17N3O5/c20-10-14(18-16(22)17-12-4-2-1-3-5-12)15(21)11-6-8-13(9-7-11)19(23)24/h1-9,14-15,20-21H,10H2,(H2,17,18,22)/t14-,15-/m0/s1. The number of non-ortho nitro benzene ring substituents is 1. The van der Waals surface area contributed by atoms with Crippen LogP contribution in [0.15, 0.2) is 54.6 Å². The van der Waals surface area contributed by atoms with Gasteiger partial charge in [-0.2, -0.15) is 0 Å². The number of carbonyl (C=O) groups excluding carboxylic acids is 1. The second-order valence-corrected chi connectivity index (χ2v) is 5.05. The normalized spacial score (nSPS) is 12.9. The maximum atomic E-state index is 11.9. The number of nitrogens with zero attached hydrogens (tertiary/aromatic N) is 1. The van der Waals surface area contributed by atoms with Crippen LogP contribution in [0, 0.1) is 10.1 Å². The Bertz CT molecular complexity index is 691. The Morgan fingerprint density at radius 2 is 1.75 bits per heavy atom. The van der Waals surface area contributed by atoms with Crippen molar-refractivity contribution >= 4 is 17.4 Å². The number of benzene rings is 2. The van der Waals surface area contributed by atoms with Gasteiger partial charge in [0.25, 0.3) is 5.69 Å². The third-order valence-electron chi connectivity index (χ3n) is 3.37. The van der Waals surface area contributed by atoms with Crippen LogP contribution in [0.2, 0.25) is 0 Å². The number of anilines is 1. The zero-order valence-electron chi connectivity index (χ0n) is 12.6. The molecule has 0 unspecified atom stereocenters. The summed E-state index contributed by atoms with van der Waals surface area (Å²) in [4.78, 5) is 22.0. The Morgan fingerprint density at radius 1 is 1.12 bits per heavy atom. The lowest BCUT2D eigenvalue weighted by atomic mass is 10.0. The van der Waals surface area contributed by atoms with Gasteiger partial charge in [0.1, 0.15) is 6.10 Å². The number of hydrogen-bond acceptors (Lipinski definition) is 5. The molecule has 126 valence electrons. The lowest BCUT2D eigenvalue weighted by Gasteiger charge is -2.22. The second-order valence-electron chi connectivity index (χ2n) is 5.05. The second kappa shape index (κ2) is 8.04. The minimum Gasteiger partial charge on any atom is -0.394 e. The number of carbonyl (C=O) groups is 1. The highest BCUT2D eigenvalue weighted by atomic mass is 16.6. The van der Waals surface area contributed by atoms with Gasteiger partial charge in [0.2, 0.25) is 0 Å². The Kier molecular flexibility index (Phi) is 5.83. The van der Waals surface area contributed by atoms with Gasteiger partial charge in [-0.15, -0.1) is 0 Å². The molecule has 2 aromatic carbocycles. The quantitative estimate of drug-likeness (QED) is 0.474. The smallest absolute Gasteiger partial charge is 0.319 e. The summed E-state index contributed by atoms with van der Waals surface area (Å²) in [5, 5.41) is 35.3. The maximum absolute atomic E-state index is 11.9. The minimum absolute atomic E-state index is 0.110. The van der Waals surface area contributed by atoms with E-state index in [-0.39, 0.29) is 5.69 Å². The van der Waals surface area contributed by atoms with Crippen LogP contribution >= 0.6 is 0 Å². The van der Waals surface area contributed by atoms with Crippen LogP contribution in [-0.4, -0.2) is 33.8 Å². The molecule has 0 radical (unpaired) electrons. The molecule has 4 N–H and O–H groups in total. The molecule has 0 aliphatic heterocycles. The van der Waals surface area contributed by atoms with Crippen molar-refractivity contribution in [3.63, 3.8) is 0 Å². The fraction of sp³-hybridized carbons (Fsp3) is 0.188. The number of rotatable bonds is 6. The van der Waals surface area contributed by atoms with E-state index in [0.29, 0.717) is 11.3 Å². The van der Waals surface area contributed by atoms with E-state index in [0.717, 1.165) is 0 Å². The van der Waals surface area contributed by atoms with E-state index in [1.165, 1.54) is 24.3 Å². The van der Waals surface area contributed by atoms with Gasteiger partial charge >= 0.3 is 6.03 Å². The number of amides is 2. The van der Waals surface area contributed by atoms with Crippen molar-refractivity contribution in [1.29, 1.82) is 0 Å². The van der Waals surface area contributed by atoms with Crippen molar-refractivity contribution in [3.8, 4) is 0 Å². The summed E-state index contributed by atoms with van der Waals surface area (Å²) in [6.45, 7) is -0.500. The van der Waals surface area contributed by atoms with Crippen LogP contribution in [0.25, 0.3) is 0 Å². The van der Waals surface area contributed by atoms with Gasteiger partial charge in [-0.05, 0) is 29.8 Å². The molecule has 0 saturated carbocycles. The summed E-state index contributed by atoms with van der Waals surface area (Å²) in [7, 11) is 0. The molecule has 8 nitrogen and oxygen atoms in total. The fourth-order valence-electron chi connectivity index (χ4n) is 2.11. The number of nitrogens with one attached hydrogen (secondary N) is 2. The van der Waals surface area contributed by atoms with Gasteiger partial charge in [-0.1, -0.05) is 18.2 Å². The lowest BCUT2D eigenvalue weighted by Crippen LogP contribution is -2.44. The highest BCUT2D eigenvalue weighted by Gasteiger charge is 2.22. The lowest BCUT2D eigenvalue weighted by molar-refractivity contribution is -0.384. The molecule has 0 bridgehead atoms. The highest BCUT2D eigenvalue weighted by molar-refractivity contribution is 5.89. The molecular weight excluding hydrogens is 314 g/mol. The molecule has 0 spiro atoms. The van der Waals surface area contributed by atoms with E-state index in [2.05, 4.69) is 10.6 Å². The monoisotopic (exact) mass is 331 g/mol. The first-order valence-electron chi connectivity index (χ1n) is 7.17. The largest absolute Gasteiger partial charge is 0.394 e. The van der Waals surface area contributed by atoms with E-state index in [1.807, 2.05) is 0 Å². The first-order valence-corrected chi connectivity index (χ1v) is 7.17. The Labute approximate surface area is 137 Å². The molecule has 2 aromatic rings. The SMILES string of the molecule is O=C(Nc1ccccc1)N[C@@H](CO)[C@@H](O)c1ccc([N+](=O)[O-])cc1. The van der Waals surface area contributed by atoms with Gasteiger partial charge < -0.3 is 20.8 Å². The Hall–Kier alpha value is -2.97. The van der Waals surface area contributed by atoms with E-state index in [4.69, 9.17) is 0 Å². The number of aliphatic hydroxyl groups is 2. The zero-order valence-corrected chi connectivity index (χ0v) is 12.6. The molecule has 8 heteroatoms. The van der Waals surface area contributed by atoms with Gasteiger partial charge in [0.15, 0.2) is 0 Å². The summed E-state index contributed by atoms with van der Waals surface area (Å²) in [5.74, 6) is 0. The summed E-state index contributed by atoms with van der Waals surface area (Å²) in [5.41, 5.74) is 0.803. The van der Waals surface area contributed by atoms with Crippen molar-refractivity contribution in [2.75, 3.05) is 11.9 Å². The van der Waals surface area contributed by atoms with Crippen LogP contribution < -0.4 is 10.6 Å². The minimum atomic E-state index is -1.21. The molecule has 2 atom stereocenters. The Balaban J connectivity index is 2.01. The van der Waals surface area contributed by atoms with Crippen LogP contribution in [0.4, 0.5) is 16.2 Å². The molecule has 24 heavy (non-hydrogen) atoms. The molecule has 0 heterocycles. The molecular formula is C16H17N3O5. The number of hydrogen-bond donors (Lipinski definition) is 4. The Morgan fingerprint density at radius 3 is 2.29 bits per heavy atom. The average Bonchev–Trinajstić information content (AvgIpc) is 2.60. The van der Waals surface area contributed by atoms with E-state index < -0.39 is 29.7 Å².